The van der Waals surface area contributed by atoms with Gasteiger partial charge in [-0.1, -0.05) is 70.6 Å². The molecule has 4 rings (SSSR count). The highest BCUT2D eigenvalue weighted by molar-refractivity contribution is 5.53. The van der Waals surface area contributed by atoms with E-state index < -0.39 is 0 Å². The summed E-state index contributed by atoms with van der Waals surface area (Å²) in [6.07, 6.45) is 20.2. The average Bonchev–Trinajstić information content (AvgIpc) is 2.99. The molecular formula is C27H40O. The number of rotatable bonds is 4. The van der Waals surface area contributed by atoms with E-state index in [2.05, 4.69) is 65.0 Å². The molecule has 0 aromatic carbocycles. The third-order valence-corrected chi connectivity index (χ3v) is 8.72. The maximum Gasteiger partial charge on any atom is 0.0578 e. The highest BCUT2D eigenvalue weighted by Gasteiger charge is 2.53. The first kappa shape index (κ1) is 20.2. The van der Waals surface area contributed by atoms with Crippen LogP contribution in [-0.4, -0.2) is 11.2 Å². The van der Waals surface area contributed by atoms with Gasteiger partial charge in [-0.15, -0.1) is 0 Å². The molecular weight excluding hydrogens is 340 g/mol. The highest BCUT2D eigenvalue weighted by atomic mass is 16.3. The van der Waals surface area contributed by atoms with Gasteiger partial charge in [-0.2, -0.15) is 0 Å². The topological polar surface area (TPSA) is 20.2 Å². The van der Waals surface area contributed by atoms with Gasteiger partial charge in [-0.25, -0.2) is 0 Å². The largest absolute Gasteiger partial charge is 0.393 e. The molecule has 4 aliphatic carbocycles. The Morgan fingerprint density at radius 3 is 2.68 bits per heavy atom. The van der Waals surface area contributed by atoms with Gasteiger partial charge in [0.05, 0.1) is 6.10 Å². The van der Waals surface area contributed by atoms with E-state index in [9.17, 15) is 5.11 Å². The molecule has 0 amide bonds. The van der Waals surface area contributed by atoms with Crippen molar-refractivity contribution in [3.05, 3.63) is 47.1 Å². The maximum atomic E-state index is 10.2. The molecule has 6 atom stereocenters. The van der Waals surface area contributed by atoms with E-state index in [-0.39, 0.29) is 11.5 Å². The number of allylic oxidation sites excluding steroid dienone is 7. The van der Waals surface area contributed by atoms with Crippen LogP contribution in [0.15, 0.2) is 47.1 Å². The molecule has 2 saturated carbocycles. The average molecular weight is 381 g/mol. The van der Waals surface area contributed by atoms with Gasteiger partial charge < -0.3 is 5.11 Å². The van der Waals surface area contributed by atoms with Crippen molar-refractivity contribution in [3.63, 3.8) is 0 Å². The van der Waals surface area contributed by atoms with E-state index in [0.717, 1.165) is 31.1 Å². The van der Waals surface area contributed by atoms with Crippen LogP contribution in [0.25, 0.3) is 0 Å². The molecule has 0 aliphatic heterocycles. The van der Waals surface area contributed by atoms with Gasteiger partial charge in [-0.3, -0.25) is 0 Å². The molecule has 1 heteroatoms. The van der Waals surface area contributed by atoms with Crippen LogP contribution < -0.4 is 0 Å². The summed E-state index contributed by atoms with van der Waals surface area (Å²) in [6.45, 7) is 12.1. The molecule has 28 heavy (non-hydrogen) atoms. The Kier molecular flexibility index (Phi) is 5.28. The van der Waals surface area contributed by atoms with Crippen molar-refractivity contribution in [1.82, 2.24) is 0 Å². The Hall–Kier alpha value is -1.08. The van der Waals surface area contributed by atoms with Crippen LogP contribution in [0.4, 0.5) is 0 Å². The Balaban J connectivity index is 1.61. The van der Waals surface area contributed by atoms with E-state index in [4.69, 9.17) is 0 Å². The van der Waals surface area contributed by atoms with Crippen molar-refractivity contribution in [1.29, 1.82) is 0 Å². The lowest BCUT2D eigenvalue weighted by Crippen LogP contribution is -2.41. The third-order valence-electron chi connectivity index (χ3n) is 8.72. The number of aliphatic hydroxyl groups is 1. The SMILES string of the molecule is CC(C)C/C=C/[C@@H](C)C1CCC2C3=CC=C4C[C@@H](O)CCC4(C)C3=CCC21C. The summed E-state index contributed by atoms with van der Waals surface area (Å²) in [4.78, 5) is 0. The van der Waals surface area contributed by atoms with Gasteiger partial charge in [0.2, 0.25) is 0 Å². The quantitative estimate of drug-likeness (QED) is 0.520. The molecule has 0 heterocycles. The first-order valence-electron chi connectivity index (χ1n) is 11.7. The molecule has 4 aliphatic rings. The first-order chi connectivity index (χ1) is 13.3. The maximum absolute atomic E-state index is 10.2. The van der Waals surface area contributed by atoms with Crippen LogP contribution in [0.3, 0.4) is 0 Å². The normalized spacial score (nSPS) is 41.1. The van der Waals surface area contributed by atoms with Crippen LogP contribution in [0.2, 0.25) is 0 Å². The molecule has 4 unspecified atom stereocenters. The fourth-order valence-electron chi connectivity index (χ4n) is 6.96. The Morgan fingerprint density at radius 2 is 1.93 bits per heavy atom. The zero-order valence-electron chi connectivity index (χ0n) is 18.7. The zero-order chi connectivity index (χ0) is 20.1. The Labute approximate surface area is 172 Å². The first-order valence-corrected chi connectivity index (χ1v) is 11.7. The summed E-state index contributed by atoms with van der Waals surface area (Å²) in [6, 6.07) is 0. The minimum atomic E-state index is -0.141. The summed E-state index contributed by atoms with van der Waals surface area (Å²) in [5, 5.41) is 10.2. The number of fused-ring (bicyclic) bond motifs is 5. The standard InChI is InChI=1S/C27H40O/c1-18(2)7-6-8-19(3)23-11-12-24-22-10-9-20-17-21(28)13-15-26(20,4)25(22)14-16-27(23,24)5/h6,8-10,14,18-19,21,23-24,28H,7,11-13,15-17H2,1-5H3/b8-6+/t19-,21+,23?,24?,26?,27?/m1/s1. The van der Waals surface area contributed by atoms with Gasteiger partial charge in [-0.05, 0) is 85.2 Å². The summed E-state index contributed by atoms with van der Waals surface area (Å²) < 4.78 is 0. The van der Waals surface area contributed by atoms with Crippen LogP contribution >= 0.6 is 0 Å². The van der Waals surface area contributed by atoms with E-state index >= 15 is 0 Å². The van der Waals surface area contributed by atoms with Crippen LogP contribution in [0.5, 0.6) is 0 Å². The van der Waals surface area contributed by atoms with Crippen molar-refractivity contribution in [2.45, 2.75) is 85.7 Å². The van der Waals surface area contributed by atoms with E-state index in [1.165, 1.54) is 31.3 Å². The fourth-order valence-corrected chi connectivity index (χ4v) is 6.96. The summed E-state index contributed by atoms with van der Waals surface area (Å²) in [5.41, 5.74) is 5.28. The molecule has 0 radical (unpaired) electrons. The van der Waals surface area contributed by atoms with Crippen molar-refractivity contribution in [2.24, 2.45) is 34.5 Å². The van der Waals surface area contributed by atoms with Gasteiger partial charge in [0.1, 0.15) is 0 Å². The fraction of sp³-hybridized carbons (Fsp3) is 0.704. The van der Waals surface area contributed by atoms with E-state index in [1.807, 2.05) is 0 Å². The number of hydrogen-bond donors (Lipinski definition) is 1. The highest BCUT2D eigenvalue weighted by Crippen LogP contribution is 2.63. The number of aliphatic hydroxyl groups excluding tert-OH is 1. The molecule has 0 aromatic rings. The lowest BCUT2D eigenvalue weighted by atomic mass is 9.54. The predicted octanol–water partition coefficient (Wildman–Crippen LogP) is 7.00. The van der Waals surface area contributed by atoms with Crippen molar-refractivity contribution < 1.29 is 5.11 Å². The second kappa shape index (κ2) is 7.31. The van der Waals surface area contributed by atoms with Gasteiger partial charge >= 0.3 is 0 Å². The summed E-state index contributed by atoms with van der Waals surface area (Å²) in [5.74, 6) is 2.91. The monoisotopic (exact) mass is 380 g/mol. The third kappa shape index (κ3) is 3.18. The molecule has 154 valence electrons. The van der Waals surface area contributed by atoms with E-state index in [1.54, 1.807) is 11.1 Å². The second-order valence-corrected chi connectivity index (χ2v) is 11.0. The van der Waals surface area contributed by atoms with Crippen LogP contribution in [-0.2, 0) is 0 Å². The molecule has 2 fully saturated rings. The molecule has 0 saturated heterocycles. The molecule has 0 bridgehead atoms. The minimum absolute atomic E-state index is 0.141. The smallest absolute Gasteiger partial charge is 0.0578 e. The number of hydrogen-bond acceptors (Lipinski definition) is 1. The van der Waals surface area contributed by atoms with Crippen molar-refractivity contribution >= 4 is 0 Å². The summed E-state index contributed by atoms with van der Waals surface area (Å²) >= 11 is 0. The van der Waals surface area contributed by atoms with Crippen molar-refractivity contribution in [3.8, 4) is 0 Å². The lowest BCUT2D eigenvalue weighted by molar-refractivity contribution is 0.114. The van der Waals surface area contributed by atoms with Crippen molar-refractivity contribution in [2.75, 3.05) is 0 Å². The molecule has 0 spiro atoms. The molecule has 0 aromatic heterocycles. The molecule has 1 nitrogen and oxygen atoms in total. The minimum Gasteiger partial charge on any atom is -0.393 e. The van der Waals surface area contributed by atoms with E-state index in [0.29, 0.717) is 17.3 Å². The second-order valence-electron chi connectivity index (χ2n) is 11.0. The Morgan fingerprint density at radius 1 is 1.14 bits per heavy atom. The lowest BCUT2D eigenvalue weighted by Gasteiger charge is -2.50. The summed E-state index contributed by atoms with van der Waals surface area (Å²) in [7, 11) is 0. The van der Waals surface area contributed by atoms with Gasteiger partial charge in [0.15, 0.2) is 0 Å². The van der Waals surface area contributed by atoms with Crippen LogP contribution in [0, 0.1) is 34.5 Å². The Bertz CT molecular complexity index is 735. The zero-order valence-corrected chi connectivity index (χ0v) is 18.7. The molecule has 1 N–H and O–H groups in total. The van der Waals surface area contributed by atoms with Gasteiger partial charge in [0.25, 0.3) is 0 Å². The predicted molar refractivity (Wildman–Crippen MR) is 119 cm³/mol. The van der Waals surface area contributed by atoms with Gasteiger partial charge in [0, 0.05) is 5.41 Å². The van der Waals surface area contributed by atoms with Crippen LogP contribution in [0.1, 0.15) is 79.6 Å².